The van der Waals surface area contributed by atoms with Crippen molar-refractivity contribution in [2.24, 2.45) is 0 Å². The first kappa shape index (κ1) is 19.2. The lowest BCUT2D eigenvalue weighted by Gasteiger charge is -2.21. The van der Waals surface area contributed by atoms with Gasteiger partial charge in [-0.15, -0.1) is 0 Å². The molecule has 1 saturated heterocycles. The molecule has 2 heterocycles. The molecule has 3 rings (SSSR count). The normalized spacial score (nSPS) is 21.8. The van der Waals surface area contributed by atoms with Crippen molar-refractivity contribution in [1.82, 2.24) is 4.98 Å². The van der Waals surface area contributed by atoms with Gasteiger partial charge < -0.3 is 23.7 Å². The van der Waals surface area contributed by atoms with Gasteiger partial charge in [0.05, 0.1) is 65.0 Å². The Bertz CT molecular complexity index is 662. The minimum atomic E-state index is -0.174. The van der Waals surface area contributed by atoms with E-state index in [1.807, 2.05) is 25.1 Å². The van der Waals surface area contributed by atoms with Crippen molar-refractivity contribution in [3.8, 4) is 0 Å². The highest BCUT2D eigenvalue weighted by atomic mass is 16.6. The summed E-state index contributed by atoms with van der Waals surface area (Å²) in [5.41, 5.74) is 3.04. The van der Waals surface area contributed by atoms with Crippen LogP contribution in [0, 0.1) is 6.92 Å². The molecule has 26 heavy (non-hydrogen) atoms. The number of hydrogen-bond acceptors (Lipinski definition) is 6. The van der Waals surface area contributed by atoms with E-state index in [0.717, 1.165) is 22.2 Å². The molecule has 0 spiro atoms. The summed E-state index contributed by atoms with van der Waals surface area (Å²) in [6, 6.07) is 10.2. The molecule has 6 nitrogen and oxygen atoms in total. The Balaban J connectivity index is 1.74. The molecule has 0 amide bonds. The van der Waals surface area contributed by atoms with E-state index in [9.17, 15) is 0 Å². The van der Waals surface area contributed by atoms with Crippen molar-refractivity contribution in [1.29, 1.82) is 0 Å². The number of aromatic nitrogens is 1. The van der Waals surface area contributed by atoms with E-state index in [0.29, 0.717) is 59.5 Å². The van der Waals surface area contributed by atoms with E-state index in [2.05, 4.69) is 17.1 Å². The number of para-hydroxylation sites is 1. The molecule has 1 aliphatic heterocycles. The van der Waals surface area contributed by atoms with Crippen molar-refractivity contribution in [2.45, 2.75) is 13.0 Å². The molecule has 1 aromatic carbocycles. The van der Waals surface area contributed by atoms with E-state index in [-0.39, 0.29) is 6.10 Å². The van der Waals surface area contributed by atoms with Gasteiger partial charge in [0.2, 0.25) is 0 Å². The van der Waals surface area contributed by atoms with E-state index in [1.165, 1.54) is 0 Å². The molecule has 1 unspecified atom stereocenters. The van der Waals surface area contributed by atoms with Gasteiger partial charge in [-0.25, -0.2) is 0 Å². The third-order valence-electron chi connectivity index (χ3n) is 4.16. The fraction of sp³-hybridized carbons (Fsp3) is 0.550. The monoisotopic (exact) mass is 361 g/mol. The zero-order chi connectivity index (χ0) is 18.0. The largest absolute Gasteiger partial charge is 0.377 e. The third kappa shape index (κ3) is 5.72. The Kier molecular flexibility index (Phi) is 7.79. The van der Waals surface area contributed by atoms with Crippen LogP contribution in [-0.4, -0.2) is 64.4 Å². The predicted octanol–water partition coefficient (Wildman–Crippen LogP) is 2.68. The summed E-state index contributed by atoms with van der Waals surface area (Å²) in [7, 11) is 0. The van der Waals surface area contributed by atoms with Crippen LogP contribution in [0.1, 0.15) is 17.4 Å². The predicted molar refractivity (Wildman–Crippen MR) is 98.4 cm³/mol. The standard InChI is InChI=1S/C20H27NO5/c1-16-14-18(17-4-2-3-5-19(17)21-16)20-15-25-11-10-23-7-6-22-8-9-24-12-13-26-20/h2-5,14,20H,6-13,15H2,1H3. The molecule has 1 atom stereocenters. The minimum absolute atomic E-state index is 0.174. The molecule has 142 valence electrons. The first-order valence-electron chi connectivity index (χ1n) is 9.13. The van der Waals surface area contributed by atoms with Crippen LogP contribution in [0.15, 0.2) is 30.3 Å². The van der Waals surface area contributed by atoms with Gasteiger partial charge in [0.1, 0.15) is 6.10 Å². The molecule has 0 bridgehead atoms. The van der Waals surface area contributed by atoms with Gasteiger partial charge in [-0.3, -0.25) is 4.98 Å². The zero-order valence-electron chi connectivity index (χ0n) is 15.3. The van der Waals surface area contributed by atoms with Crippen LogP contribution in [0.4, 0.5) is 0 Å². The molecule has 0 saturated carbocycles. The van der Waals surface area contributed by atoms with Gasteiger partial charge in [-0.05, 0) is 24.6 Å². The van der Waals surface area contributed by atoms with Crippen LogP contribution in [0.3, 0.4) is 0 Å². The second-order valence-electron chi connectivity index (χ2n) is 6.14. The average molecular weight is 361 g/mol. The second kappa shape index (κ2) is 10.5. The highest BCUT2D eigenvalue weighted by Crippen LogP contribution is 2.27. The number of benzene rings is 1. The van der Waals surface area contributed by atoms with Crippen LogP contribution in [0.2, 0.25) is 0 Å². The lowest BCUT2D eigenvalue weighted by Crippen LogP contribution is -2.17. The van der Waals surface area contributed by atoms with Gasteiger partial charge in [0.25, 0.3) is 0 Å². The first-order valence-corrected chi connectivity index (χ1v) is 9.13. The summed E-state index contributed by atoms with van der Waals surface area (Å²) in [6.45, 7) is 6.83. The molecule has 0 radical (unpaired) electrons. The van der Waals surface area contributed by atoms with Crippen molar-refractivity contribution >= 4 is 10.9 Å². The maximum absolute atomic E-state index is 6.11. The lowest BCUT2D eigenvalue weighted by atomic mass is 10.0. The highest BCUT2D eigenvalue weighted by molar-refractivity contribution is 5.82. The van der Waals surface area contributed by atoms with Gasteiger partial charge >= 0.3 is 0 Å². The number of aryl methyl sites for hydroxylation is 1. The SMILES string of the molecule is Cc1cc(C2COCCOCCOCCOCCO2)c2ccccc2n1. The molecule has 1 aliphatic rings. The molecule has 0 aliphatic carbocycles. The summed E-state index contributed by atoms with van der Waals surface area (Å²) in [4.78, 5) is 4.61. The number of rotatable bonds is 1. The molecule has 2 aromatic rings. The van der Waals surface area contributed by atoms with Crippen LogP contribution in [0.5, 0.6) is 0 Å². The number of nitrogens with zero attached hydrogens (tertiary/aromatic N) is 1. The lowest BCUT2D eigenvalue weighted by molar-refractivity contribution is -0.0466. The summed E-state index contributed by atoms with van der Waals surface area (Å²) in [5.74, 6) is 0. The summed E-state index contributed by atoms with van der Waals surface area (Å²) >= 11 is 0. The molecule has 1 fully saturated rings. The molecule has 0 N–H and O–H groups in total. The number of pyridine rings is 1. The Hall–Kier alpha value is -1.57. The Morgan fingerprint density at radius 2 is 1.42 bits per heavy atom. The summed E-state index contributed by atoms with van der Waals surface area (Å²) in [6.07, 6.45) is -0.174. The van der Waals surface area contributed by atoms with Gasteiger partial charge in [-0.2, -0.15) is 0 Å². The maximum atomic E-state index is 6.11. The highest BCUT2D eigenvalue weighted by Gasteiger charge is 2.17. The molecule has 1 aromatic heterocycles. The van der Waals surface area contributed by atoms with Gasteiger partial charge in [-0.1, -0.05) is 18.2 Å². The van der Waals surface area contributed by atoms with E-state index in [1.54, 1.807) is 0 Å². The summed E-state index contributed by atoms with van der Waals surface area (Å²) in [5, 5.41) is 1.09. The van der Waals surface area contributed by atoms with Crippen LogP contribution in [-0.2, 0) is 23.7 Å². The fourth-order valence-corrected chi connectivity index (χ4v) is 2.93. The van der Waals surface area contributed by atoms with Gasteiger partial charge in [0.15, 0.2) is 0 Å². The first-order chi connectivity index (χ1) is 12.8. The fourth-order valence-electron chi connectivity index (χ4n) is 2.93. The van der Waals surface area contributed by atoms with Crippen LogP contribution in [0.25, 0.3) is 10.9 Å². The van der Waals surface area contributed by atoms with E-state index < -0.39 is 0 Å². The third-order valence-corrected chi connectivity index (χ3v) is 4.16. The smallest absolute Gasteiger partial charge is 0.107 e. The molecular formula is C20H27NO5. The van der Waals surface area contributed by atoms with Crippen molar-refractivity contribution in [3.05, 3.63) is 41.6 Å². The van der Waals surface area contributed by atoms with Gasteiger partial charge in [0, 0.05) is 11.1 Å². The van der Waals surface area contributed by atoms with Crippen molar-refractivity contribution in [3.63, 3.8) is 0 Å². The Labute approximate surface area is 154 Å². The van der Waals surface area contributed by atoms with E-state index >= 15 is 0 Å². The van der Waals surface area contributed by atoms with Crippen LogP contribution < -0.4 is 0 Å². The van der Waals surface area contributed by atoms with Crippen LogP contribution >= 0.6 is 0 Å². The maximum Gasteiger partial charge on any atom is 0.107 e. The number of fused-ring (bicyclic) bond motifs is 1. The molecule has 6 heteroatoms. The molecular weight excluding hydrogens is 334 g/mol. The minimum Gasteiger partial charge on any atom is -0.377 e. The average Bonchev–Trinajstić information content (AvgIpc) is 2.66. The number of hydrogen-bond donors (Lipinski definition) is 0. The van der Waals surface area contributed by atoms with Crippen molar-refractivity contribution in [2.75, 3.05) is 59.5 Å². The summed E-state index contributed by atoms with van der Waals surface area (Å²) < 4.78 is 28.4. The Morgan fingerprint density at radius 3 is 2.15 bits per heavy atom. The Morgan fingerprint density at radius 1 is 0.808 bits per heavy atom. The topological polar surface area (TPSA) is 59.0 Å². The number of ether oxygens (including phenoxy) is 5. The van der Waals surface area contributed by atoms with Crippen molar-refractivity contribution < 1.29 is 23.7 Å². The second-order valence-corrected chi connectivity index (χ2v) is 6.14. The quantitative estimate of drug-likeness (QED) is 0.778. The van der Waals surface area contributed by atoms with E-state index in [4.69, 9.17) is 23.7 Å². The zero-order valence-corrected chi connectivity index (χ0v) is 15.3.